The molecule has 2 heterocycles. The van der Waals surface area contributed by atoms with Crippen LogP contribution in [0, 0.1) is 11.3 Å². The maximum absolute atomic E-state index is 12.7. The largest absolute Gasteiger partial charge is 0.480 e. The molecule has 1 unspecified atom stereocenters. The van der Waals surface area contributed by atoms with Crippen LogP contribution in [-0.4, -0.2) is 23.5 Å². The molecule has 1 amide bonds. The number of rotatable bonds is 5. The highest BCUT2D eigenvalue weighted by Gasteiger charge is 2.32. The van der Waals surface area contributed by atoms with Crippen LogP contribution in [0.2, 0.25) is 0 Å². The Hall–Kier alpha value is -2.74. The minimum absolute atomic E-state index is 0.108. The monoisotopic (exact) mass is 296 g/mol. The zero-order valence-corrected chi connectivity index (χ0v) is 12.1. The number of carbonyl (C=O) groups excluding carboxylic acids is 1. The van der Waals surface area contributed by atoms with Gasteiger partial charge in [-0.05, 0) is 23.8 Å². The number of hydrogen-bond acceptors (Lipinski definition) is 4. The van der Waals surface area contributed by atoms with E-state index in [4.69, 9.17) is 14.4 Å². The molecule has 2 aromatic rings. The van der Waals surface area contributed by atoms with Crippen molar-refractivity contribution < 1.29 is 13.9 Å². The van der Waals surface area contributed by atoms with Crippen molar-refractivity contribution >= 4 is 5.91 Å². The molecule has 0 radical (unpaired) electrons. The Morgan fingerprint density at radius 3 is 2.91 bits per heavy atom. The fraction of sp³-hybridized carbons (Fsp3) is 0.294. The quantitative estimate of drug-likeness (QED) is 0.850. The number of para-hydroxylation sites is 1. The standard InChI is InChI=1S/C17H16N2O3/c18-8-4-9-19(12-14-6-3-10-21-14)17(20)16-11-13-5-1-2-7-15(13)22-16/h1-3,5-7,10,16H,4,9,11-12H2. The van der Waals surface area contributed by atoms with Crippen LogP contribution in [-0.2, 0) is 17.8 Å². The summed E-state index contributed by atoms with van der Waals surface area (Å²) in [5.41, 5.74) is 1.04. The van der Waals surface area contributed by atoms with Crippen LogP contribution in [0.25, 0.3) is 0 Å². The summed E-state index contributed by atoms with van der Waals surface area (Å²) in [6.07, 6.45) is 1.90. The number of benzene rings is 1. The van der Waals surface area contributed by atoms with E-state index in [1.165, 1.54) is 0 Å². The average Bonchev–Trinajstić information content (AvgIpc) is 3.19. The summed E-state index contributed by atoms with van der Waals surface area (Å²) in [4.78, 5) is 14.3. The molecule has 0 fully saturated rings. The van der Waals surface area contributed by atoms with Gasteiger partial charge in [0.1, 0.15) is 11.5 Å². The lowest BCUT2D eigenvalue weighted by Crippen LogP contribution is -2.41. The van der Waals surface area contributed by atoms with Gasteiger partial charge in [0.15, 0.2) is 6.10 Å². The second kappa shape index (κ2) is 6.35. The Balaban J connectivity index is 1.71. The van der Waals surface area contributed by atoms with Gasteiger partial charge < -0.3 is 14.1 Å². The van der Waals surface area contributed by atoms with Crippen molar-refractivity contribution in [1.82, 2.24) is 4.90 Å². The molecular weight excluding hydrogens is 280 g/mol. The molecule has 0 bridgehead atoms. The molecule has 112 valence electrons. The lowest BCUT2D eigenvalue weighted by atomic mass is 10.1. The summed E-state index contributed by atoms with van der Waals surface area (Å²) in [6, 6.07) is 13.3. The van der Waals surface area contributed by atoms with Crippen LogP contribution in [0.1, 0.15) is 17.7 Å². The van der Waals surface area contributed by atoms with Crippen LogP contribution in [0.3, 0.4) is 0 Å². The molecule has 3 rings (SSSR count). The van der Waals surface area contributed by atoms with E-state index in [0.29, 0.717) is 25.3 Å². The second-order valence-corrected chi connectivity index (χ2v) is 5.17. The van der Waals surface area contributed by atoms with Crippen molar-refractivity contribution in [2.75, 3.05) is 6.54 Å². The van der Waals surface area contributed by atoms with Gasteiger partial charge in [0, 0.05) is 13.0 Å². The van der Waals surface area contributed by atoms with E-state index in [2.05, 4.69) is 6.07 Å². The molecule has 1 atom stereocenters. The first kappa shape index (κ1) is 14.2. The zero-order valence-electron chi connectivity index (χ0n) is 12.1. The molecule has 1 aliphatic rings. The number of hydrogen-bond donors (Lipinski definition) is 0. The topological polar surface area (TPSA) is 66.5 Å². The first-order chi connectivity index (χ1) is 10.8. The van der Waals surface area contributed by atoms with Crippen molar-refractivity contribution in [1.29, 1.82) is 5.26 Å². The van der Waals surface area contributed by atoms with Crippen LogP contribution >= 0.6 is 0 Å². The van der Waals surface area contributed by atoms with Crippen molar-refractivity contribution in [2.45, 2.75) is 25.5 Å². The molecule has 0 saturated heterocycles. The van der Waals surface area contributed by atoms with Crippen LogP contribution in [0.5, 0.6) is 5.75 Å². The van der Waals surface area contributed by atoms with Gasteiger partial charge >= 0.3 is 0 Å². The van der Waals surface area contributed by atoms with Gasteiger partial charge in [-0.25, -0.2) is 0 Å². The van der Waals surface area contributed by atoms with Crippen LogP contribution < -0.4 is 4.74 Å². The SMILES string of the molecule is N#CCCN(Cc1ccco1)C(=O)C1Cc2ccccc2O1. The number of amides is 1. The summed E-state index contributed by atoms with van der Waals surface area (Å²) in [5, 5.41) is 8.79. The third-order valence-corrected chi connectivity index (χ3v) is 3.65. The first-order valence-corrected chi connectivity index (χ1v) is 7.20. The molecule has 0 spiro atoms. The summed E-state index contributed by atoms with van der Waals surface area (Å²) in [7, 11) is 0. The number of carbonyl (C=O) groups is 1. The first-order valence-electron chi connectivity index (χ1n) is 7.20. The minimum Gasteiger partial charge on any atom is -0.480 e. The molecule has 1 aromatic heterocycles. The third-order valence-electron chi connectivity index (χ3n) is 3.65. The van der Waals surface area contributed by atoms with E-state index in [1.54, 1.807) is 17.2 Å². The van der Waals surface area contributed by atoms with Gasteiger partial charge in [0.25, 0.3) is 5.91 Å². The predicted molar refractivity (Wildman–Crippen MR) is 78.9 cm³/mol. The van der Waals surface area contributed by atoms with Gasteiger partial charge in [-0.1, -0.05) is 18.2 Å². The Kier molecular flexibility index (Phi) is 4.10. The highest BCUT2D eigenvalue weighted by Crippen LogP contribution is 2.29. The van der Waals surface area contributed by atoms with Gasteiger partial charge in [-0.2, -0.15) is 5.26 Å². The third kappa shape index (κ3) is 2.96. The lowest BCUT2D eigenvalue weighted by molar-refractivity contribution is -0.138. The van der Waals surface area contributed by atoms with E-state index < -0.39 is 6.10 Å². The molecule has 1 aliphatic heterocycles. The molecule has 22 heavy (non-hydrogen) atoms. The van der Waals surface area contributed by atoms with E-state index in [0.717, 1.165) is 11.3 Å². The van der Waals surface area contributed by atoms with Crippen molar-refractivity contribution in [3.63, 3.8) is 0 Å². The fourth-order valence-corrected chi connectivity index (χ4v) is 2.57. The van der Waals surface area contributed by atoms with Crippen molar-refractivity contribution in [3.05, 3.63) is 54.0 Å². The molecule has 5 heteroatoms. The number of ether oxygens (including phenoxy) is 1. The van der Waals surface area contributed by atoms with E-state index in [-0.39, 0.29) is 12.3 Å². The number of furan rings is 1. The number of fused-ring (bicyclic) bond motifs is 1. The number of nitriles is 1. The highest BCUT2D eigenvalue weighted by atomic mass is 16.5. The smallest absolute Gasteiger partial charge is 0.264 e. The fourth-order valence-electron chi connectivity index (χ4n) is 2.57. The Labute approximate surface area is 128 Å². The Morgan fingerprint density at radius 1 is 1.32 bits per heavy atom. The molecule has 0 saturated carbocycles. The maximum atomic E-state index is 12.7. The zero-order chi connectivity index (χ0) is 15.4. The van der Waals surface area contributed by atoms with Crippen LogP contribution in [0.15, 0.2) is 47.1 Å². The van der Waals surface area contributed by atoms with E-state index in [9.17, 15) is 4.79 Å². The van der Waals surface area contributed by atoms with E-state index >= 15 is 0 Å². The second-order valence-electron chi connectivity index (χ2n) is 5.17. The predicted octanol–water partition coefficient (Wildman–Crippen LogP) is 2.53. The van der Waals surface area contributed by atoms with Gasteiger partial charge in [-0.15, -0.1) is 0 Å². The summed E-state index contributed by atoms with van der Waals surface area (Å²) in [6.45, 7) is 0.718. The van der Waals surface area contributed by atoms with Crippen molar-refractivity contribution in [3.8, 4) is 11.8 Å². The summed E-state index contributed by atoms with van der Waals surface area (Å²) in [5.74, 6) is 1.35. The van der Waals surface area contributed by atoms with Crippen LogP contribution in [0.4, 0.5) is 0 Å². The van der Waals surface area contributed by atoms with Gasteiger partial charge in [0.2, 0.25) is 0 Å². The Morgan fingerprint density at radius 2 is 2.18 bits per heavy atom. The lowest BCUT2D eigenvalue weighted by Gasteiger charge is -2.23. The number of nitrogens with zero attached hydrogens (tertiary/aromatic N) is 2. The Bertz CT molecular complexity index is 663. The summed E-state index contributed by atoms with van der Waals surface area (Å²) >= 11 is 0. The maximum Gasteiger partial charge on any atom is 0.264 e. The van der Waals surface area contributed by atoms with E-state index in [1.807, 2.05) is 30.3 Å². The highest BCUT2D eigenvalue weighted by molar-refractivity contribution is 5.82. The molecule has 1 aromatic carbocycles. The summed E-state index contributed by atoms with van der Waals surface area (Å²) < 4.78 is 11.0. The van der Waals surface area contributed by atoms with Gasteiger partial charge in [-0.3, -0.25) is 4.79 Å². The normalized spacial score (nSPS) is 15.7. The molecule has 0 N–H and O–H groups in total. The van der Waals surface area contributed by atoms with Crippen molar-refractivity contribution in [2.24, 2.45) is 0 Å². The van der Waals surface area contributed by atoms with Gasteiger partial charge in [0.05, 0.1) is 25.3 Å². The molecule has 0 aliphatic carbocycles. The average molecular weight is 296 g/mol. The minimum atomic E-state index is -0.522. The molecular formula is C17H16N2O3. The molecule has 5 nitrogen and oxygen atoms in total.